The maximum atomic E-state index is 11.1. The molecule has 0 aromatic heterocycles. The minimum absolute atomic E-state index is 0. The highest BCUT2D eigenvalue weighted by molar-refractivity contribution is 5.94. The van der Waals surface area contributed by atoms with Crippen LogP contribution in [0.4, 0.5) is 0 Å². The van der Waals surface area contributed by atoms with E-state index in [1.807, 2.05) is 12.1 Å². The van der Waals surface area contributed by atoms with Crippen LogP contribution in [0.2, 0.25) is 0 Å². The number of rotatable bonds is 4. The van der Waals surface area contributed by atoms with E-state index in [4.69, 9.17) is 15.2 Å². The normalized spacial score (nSPS) is 22.4. The van der Waals surface area contributed by atoms with Gasteiger partial charge in [-0.1, -0.05) is 0 Å². The quantitative estimate of drug-likeness (QED) is 0.860. The Balaban J connectivity index is 0.00000180. The van der Waals surface area contributed by atoms with Gasteiger partial charge in [0, 0.05) is 24.1 Å². The van der Waals surface area contributed by atoms with E-state index in [0.717, 1.165) is 18.8 Å². The zero-order valence-electron chi connectivity index (χ0n) is 11.0. The van der Waals surface area contributed by atoms with E-state index in [0.29, 0.717) is 18.8 Å². The minimum atomic E-state index is 0. The molecule has 1 aromatic carbocycles. The molecule has 106 valence electrons. The lowest BCUT2D eigenvalue weighted by atomic mass is 9.98. The fourth-order valence-electron chi connectivity index (χ4n) is 1.97. The molecule has 0 radical (unpaired) electrons. The first-order valence-corrected chi connectivity index (χ1v) is 6.24. The Morgan fingerprint density at radius 3 is 2.68 bits per heavy atom. The molecule has 1 aromatic rings. The third-order valence-electron chi connectivity index (χ3n) is 3.26. The summed E-state index contributed by atoms with van der Waals surface area (Å²) in [4.78, 5) is 11.1. The Hall–Kier alpha value is -1.10. The van der Waals surface area contributed by atoms with Crippen molar-refractivity contribution in [1.29, 1.82) is 0 Å². The zero-order valence-corrected chi connectivity index (χ0v) is 11.8. The first-order chi connectivity index (χ1) is 8.66. The summed E-state index contributed by atoms with van der Waals surface area (Å²) >= 11 is 0. The van der Waals surface area contributed by atoms with Gasteiger partial charge >= 0.3 is 0 Å². The second-order valence-electron chi connectivity index (χ2n) is 4.68. The van der Waals surface area contributed by atoms with Crippen molar-refractivity contribution in [2.75, 3.05) is 19.8 Å². The van der Waals surface area contributed by atoms with E-state index in [-0.39, 0.29) is 30.2 Å². The summed E-state index contributed by atoms with van der Waals surface area (Å²) in [5.41, 5.74) is 6.70. The zero-order chi connectivity index (χ0) is 13.0. The number of benzene rings is 1. The summed E-state index contributed by atoms with van der Waals surface area (Å²) in [5.74, 6) is 1.06. The third kappa shape index (κ3) is 4.49. The number of Topliss-reactive ketones (excluding diaryl/α,β-unsaturated/α-hetero) is 1. The minimum Gasteiger partial charge on any atom is -0.493 e. The molecule has 1 aliphatic rings. The predicted molar refractivity (Wildman–Crippen MR) is 76.1 cm³/mol. The summed E-state index contributed by atoms with van der Waals surface area (Å²) in [6, 6.07) is 7.32. The van der Waals surface area contributed by atoms with Crippen molar-refractivity contribution in [2.45, 2.75) is 19.4 Å². The second-order valence-corrected chi connectivity index (χ2v) is 4.68. The number of hydrogen-bond donors (Lipinski definition) is 1. The number of ether oxygens (including phenoxy) is 2. The molecule has 5 heteroatoms. The van der Waals surface area contributed by atoms with Gasteiger partial charge in [-0.25, -0.2) is 0 Å². The van der Waals surface area contributed by atoms with Gasteiger partial charge < -0.3 is 15.2 Å². The summed E-state index contributed by atoms with van der Waals surface area (Å²) in [6.07, 6.45) is 0.886. The van der Waals surface area contributed by atoms with E-state index >= 15 is 0 Å². The van der Waals surface area contributed by atoms with Crippen molar-refractivity contribution in [2.24, 2.45) is 11.7 Å². The molecular weight excluding hydrogens is 266 g/mol. The highest BCUT2D eigenvalue weighted by Gasteiger charge is 2.22. The molecule has 2 atom stereocenters. The largest absolute Gasteiger partial charge is 0.493 e. The Morgan fingerprint density at radius 1 is 1.42 bits per heavy atom. The standard InChI is InChI=1S/C14H19NO3.ClH/c1-10(16)11-2-4-13(5-3-11)18-9-12-8-17-7-6-14(12)15;/h2-5,12,14H,6-9,15H2,1H3;1H. The van der Waals surface area contributed by atoms with Gasteiger partial charge in [0.25, 0.3) is 0 Å². The van der Waals surface area contributed by atoms with E-state index in [9.17, 15) is 4.79 Å². The molecule has 1 heterocycles. The van der Waals surface area contributed by atoms with Crippen LogP contribution in [0.15, 0.2) is 24.3 Å². The molecule has 0 amide bonds. The van der Waals surface area contributed by atoms with Gasteiger partial charge in [-0.05, 0) is 37.6 Å². The molecule has 0 saturated carbocycles. The van der Waals surface area contributed by atoms with Crippen molar-refractivity contribution in [3.63, 3.8) is 0 Å². The van der Waals surface area contributed by atoms with Crippen molar-refractivity contribution >= 4 is 18.2 Å². The molecule has 1 fully saturated rings. The number of ketones is 1. The van der Waals surface area contributed by atoms with Crippen molar-refractivity contribution in [3.8, 4) is 5.75 Å². The van der Waals surface area contributed by atoms with E-state index in [1.54, 1.807) is 19.1 Å². The molecule has 2 rings (SSSR count). The molecule has 1 aliphatic heterocycles. The van der Waals surface area contributed by atoms with Crippen LogP contribution in [0.5, 0.6) is 5.75 Å². The Bertz CT molecular complexity index is 408. The Labute approximate surface area is 119 Å². The SMILES string of the molecule is CC(=O)c1ccc(OCC2COCCC2N)cc1.Cl. The van der Waals surface area contributed by atoms with Gasteiger partial charge in [0.15, 0.2) is 5.78 Å². The number of carbonyl (C=O) groups is 1. The number of hydrogen-bond acceptors (Lipinski definition) is 4. The van der Waals surface area contributed by atoms with E-state index in [1.165, 1.54) is 0 Å². The lowest BCUT2D eigenvalue weighted by Gasteiger charge is -2.28. The maximum Gasteiger partial charge on any atom is 0.159 e. The number of nitrogens with two attached hydrogens (primary N) is 1. The fourth-order valence-corrected chi connectivity index (χ4v) is 1.97. The number of halogens is 1. The molecule has 0 bridgehead atoms. The van der Waals surface area contributed by atoms with Crippen LogP contribution in [0, 0.1) is 5.92 Å². The van der Waals surface area contributed by atoms with Crippen LogP contribution in [-0.2, 0) is 4.74 Å². The average molecular weight is 286 g/mol. The first-order valence-electron chi connectivity index (χ1n) is 6.24. The Kier molecular flexibility index (Phi) is 6.28. The summed E-state index contributed by atoms with van der Waals surface area (Å²) in [6.45, 7) is 3.51. The van der Waals surface area contributed by atoms with Gasteiger partial charge in [0.1, 0.15) is 5.75 Å². The van der Waals surface area contributed by atoms with Gasteiger partial charge in [-0.15, -0.1) is 12.4 Å². The molecule has 0 aliphatic carbocycles. The van der Waals surface area contributed by atoms with Crippen molar-refractivity contribution in [1.82, 2.24) is 0 Å². The Morgan fingerprint density at radius 2 is 2.11 bits per heavy atom. The van der Waals surface area contributed by atoms with Gasteiger partial charge in [0.05, 0.1) is 13.2 Å². The fraction of sp³-hybridized carbons (Fsp3) is 0.500. The van der Waals surface area contributed by atoms with Crippen LogP contribution in [-0.4, -0.2) is 31.6 Å². The van der Waals surface area contributed by atoms with E-state index < -0.39 is 0 Å². The molecular formula is C14H20ClNO3. The van der Waals surface area contributed by atoms with Gasteiger partial charge in [0.2, 0.25) is 0 Å². The monoisotopic (exact) mass is 285 g/mol. The smallest absolute Gasteiger partial charge is 0.159 e. The molecule has 2 N–H and O–H groups in total. The molecule has 1 saturated heterocycles. The highest BCUT2D eigenvalue weighted by Crippen LogP contribution is 2.17. The highest BCUT2D eigenvalue weighted by atomic mass is 35.5. The van der Waals surface area contributed by atoms with Gasteiger partial charge in [-0.2, -0.15) is 0 Å². The molecule has 19 heavy (non-hydrogen) atoms. The second kappa shape index (κ2) is 7.48. The van der Waals surface area contributed by atoms with Crippen LogP contribution < -0.4 is 10.5 Å². The van der Waals surface area contributed by atoms with Crippen molar-refractivity contribution in [3.05, 3.63) is 29.8 Å². The summed E-state index contributed by atoms with van der Waals surface area (Å²) < 4.78 is 11.1. The predicted octanol–water partition coefficient (Wildman–Crippen LogP) is 2.05. The van der Waals surface area contributed by atoms with Crippen LogP contribution in [0.1, 0.15) is 23.7 Å². The maximum absolute atomic E-state index is 11.1. The topological polar surface area (TPSA) is 61.5 Å². The molecule has 4 nitrogen and oxygen atoms in total. The summed E-state index contributed by atoms with van der Waals surface area (Å²) in [7, 11) is 0. The molecule has 2 unspecified atom stereocenters. The van der Waals surface area contributed by atoms with E-state index in [2.05, 4.69) is 0 Å². The van der Waals surface area contributed by atoms with Crippen molar-refractivity contribution < 1.29 is 14.3 Å². The van der Waals surface area contributed by atoms with Gasteiger partial charge in [-0.3, -0.25) is 4.79 Å². The number of carbonyl (C=O) groups excluding carboxylic acids is 1. The van der Waals surface area contributed by atoms with Crippen LogP contribution in [0.3, 0.4) is 0 Å². The average Bonchev–Trinajstić information content (AvgIpc) is 2.38. The lowest BCUT2D eigenvalue weighted by Crippen LogP contribution is -2.41. The summed E-state index contributed by atoms with van der Waals surface area (Å²) in [5, 5.41) is 0. The first kappa shape index (κ1) is 16.0. The lowest BCUT2D eigenvalue weighted by molar-refractivity contribution is 0.0226. The third-order valence-corrected chi connectivity index (χ3v) is 3.26. The van der Waals surface area contributed by atoms with Crippen LogP contribution in [0.25, 0.3) is 0 Å². The van der Waals surface area contributed by atoms with Crippen LogP contribution >= 0.6 is 12.4 Å². The molecule has 0 spiro atoms.